The topological polar surface area (TPSA) is 188 Å². The van der Waals surface area contributed by atoms with E-state index in [4.69, 9.17) is 10.5 Å². The molecule has 5 rings (SSSR count). The van der Waals surface area contributed by atoms with E-state index in [1.165, 1.54) is 25.1 Å². The van der Waals surface area contributed by atoms with Gasteiger partial charge in [0, 0.05) is 28.4 Å². The van der Waals surface area contributed by atoms with Crippen LogP contribution in [0, 0.1) is 11.8 Å². The molecule has 0 heterocycles. The minimum Gasteiger partial charge on any atom is -0.510 e. The molecule has 6 atom stereocenters. The van der Waals surface area contributed by atoms with Crippen molar-refractivity contribution in [1.29, 1.82) is 0 Å². The van der Waals surface area contributed by atoms with E-state index in [9.17, 15) is 39.6 Å². The molecule has 6 N–H and O–H groups in total. The van der Waals surface area contributed by atoms with Crippen molar-refractivity contribution in [1.82, 2.24) is 4.90 Å². The van der Waals surface area contributed by atoms with Crippen LogP contribution in [0.5, 0.6) is 5.75 Å². The van der Waals surface area contributed by atoms with Crippen LogP contribution in [-0.4, -0.2) is 92.1 Å². The van der Waals surface area contributed by atoms with Crippen LogP contribution in [0.25, 0.3) is 0 Å². The molecule has 0 unspecified atom stereocenters. The van der Waals surface area contributed by atoms with Crippen molar-refractivity contribution in [3.8, 4) is 5.75 Å². The molecular weight excluding hydrogens is 540 g/mol. The Labute approximate surface area is 234 Å². The minimum atomic E-state index is -2.94. The molecule has 0 aliphatic heterocycles. The first kappa shape index (κ1) is 28.2. The maximum atomic E-state index is 13.9. The fraction of sp³-hybridized carbons (Fsp3) is 0.500. The Morgan fingerprint density at radius 2 is 1.88 bits per heavy atom. The van der Waals surface area contributed by atoms with Crippen molar-refractivity contribution in [3.05, 3.63) is 52.0 Å². The Morgan fingerprint density at radius 1 is 1.20 bits per heavy atom. The number of aromatic hydroxyl groups is 1. The zero-order chi connectivity index (χ0) is 29.1. The van der Waals surface area contributed by atoms with E-state index in [1.807, 2.05) is 0 Å². The molecular formula is C28H32N2O9S. The lowest BCUT2D eigenvalue weighted by Crippen LogP contribution is -2.69. The van der Waals surface area contributed by atoms with Crippen LogP contribution in [0.4, 0.5) is 0 Å². The number of phenolic OH excluding ortho intramolecular Hbond substituents is 1. The number of carbonyl (C=O) groups excluding carboxylic acids is 4. The van der Waals surface area contributed by atoms with Crippen molar-refractivity contribution in [2.24, 2.45) is 17.6 Å². The molecule has 11 nitrogen and oxygen atoms in total. The summed E-state index contributed by atoms with van der Waals surface area (Å²) < 4.78 is 5.57. The Morgan fingerprint density at radius 3 is 2.48 bits per heavy atom. The van der Waals surface area contributed by atoms with E-state index in [0.717, 1.165) is 25.7 Å². The molecule has 0 spiro atoms. The molecule has 4 aliphatic carbocycles. The number of nitrogens with zero attached hydrogens (tertiary/aromatic N) is 1. The summed E-state index contributed by atoms with van der Waals surface area (Å²) in [5, 5.41) is 45.8. The van der Waals surface area contributed by atoms with E-state index in [0.29, 0.717) is 16.6 Å². The number of thioether (sulfide) groups is 1. The second-order valence-electron chi connectivity index (χ2n) is 11.1. The first-order chi connectivity index (χ1) is 19.0. The highest BCUT2D eigenvalue weighted by Gasteiger charge is 2.68. The lowest BCUT2D eigenvalue weighted by Gasteiger charge is -2.54. The van der Waals surface area contributed by atoms with Gasteiger partial charge < -0.3 is 30.9 Å². The van der Waals surface area contributed by atoms with Gasteiger partial charge in [0.15, 0.2) is 11.4 Å². The molecule has 0 bridgehead atoms. The van der Waals surface area contributed by atoms with E-state index < -0.39 is 70.1 Å². The Bertz CT molecular complexity index is 1350. The molecule has 1 aromatic rings. The maximum Gasteiger partial charge on any atom is 0.293 e. The number of hydrogen-bond donors (Lipinski definition) is 5. The fourth-order valence-corrected chi connectivity index (χ4v) is 8.63. The van der Waals surface area contributed by atoms with Gasteiger partial charge in [-0.1, -0.05) is 25.0 Å². The Balaban J connectivity index is 1.78. The molecule has 1 fully saturated rings. The second kappa shape index (κ2) is 10.2. The van der Waals surface area contributed by atoms with Gasteiger partial charge in [-0.25, -0.2) is 0 Å². The highest BCUT2D eigenvalue weighted by Crippen LogP contribution is 2.57. The van der Waals surface area contributed by atoms with Gasteiger partial charge in [-0.15, -0.1) is 0 Å². The molecule has 40 heavy (non-hydrogen) atoms. The number of aliphatic hydroxyl groups is 3. The minimum absolute atomic E-state index is 0.0786. The van der Waals surface area contributed by atoms with Gasteiger partial charge in [-0.3, -0.25) is 24.1 Å². The van der Waals surface area contributed by atoms with Crippen LogP contribution in [0.1, 0.15) is 47.5 Å². The number of Topliss-reactive ketones (excluding diaryl/α,β-unsaturated/α-hetero) is 2. The average molecular weight is 573 g/mol. The monoisotopic (exact) mass is 572 g/mol. The second-order valence-corrected chi connectivity index (χ2v) is 12.4. The summed E-state index contributed by atoms with van der Waals surface area (Å²) >= 11 is 1.68. The third-order valence-electron chi connectivity index (χ3n) is 8.80. The molecule has 214 valence electrons. The van der Waals surface area contributed by atoms with Crippen molar-refractivity contribution >= 4 is 35.7 Å². The predicted molar refractivity (Wildman–Crippen MR) is 144 cm³/mol. The van der Waals surface area contributed by atoms with E-state index in [-0.39, 0.29) is 23.4 Å². The van der Waals surface area contributed by atoms with Crippen LogP contribution in [0.2, 0.25) is 0 Å². The average Bonchev–Trinajstić information content (AvgIpc) is 3.41. The SMILES string of the molecule is CN(C)[C@@H]1C(O)=C(C(N)=O)C(=O)[C@@]2(O)C(O)=C3C(=O)c4c(O)cccc4[C@H](CSC4CCCC4)[C@H]3[C@H](OC=O)[C@@H]12. The molecule has 12 heteroatoms. The van der Waals surface area contributed by atoms with Gasteiger partial charge in [0.05, 0.1) is 17.5 Å². The highest BCUT2D eigenvalue weighted by molar-refractivity contribution is 7.99. The Hall–Kier alpha value is -3.35. The summed E-state index contributed by atoms with van der Waals surface area (Å²) in [4.78, 5) is 53.2. The van der Waals surface area contributed by atoms with Crippen LogP contribution in [0.3, 0.4) is 0 Å². The largest absolute Gasteiger partial charge is 0.510 e. The number of hydrogen-bond acceptors (Lipinski definition) is 11. The van der Waals surface area contributed by atoms with Gasteiger partial charge in [0.25, 0.3) is 12.4 Å². The molecule has 1 saturated carbocycles. The summed E-state index contributed by atoms with van der Waals surface area (Å²) in [6.45, 7) is 0.135. The zero-order valence-electron chi connectivity index (χ0n) is 22.1. The number of nitrogens with two attached hydrogens (primary N) is 1. The molecule has 0 aromatic heterocycles. The quantitative estimate of drug-likeness (QED) is 0.235. The summed E-state index contributed by atoms with van der Waals surface area (Å²) in [6, 6.07) is 3.31. The maximum absolute atomic E-state index is 13.9. The number of aliphatic hydroxyl groups excluding tert-OH is 2. The van der Waals surface area contributed by atoms with Crippen molar-refractivity contribution in [3.63, 3.8) is 0 Å². The predicted octanol–water partition coefficient (Wildman–Crippen LogP) is 1.49. The first-order valence-corrected chi connectivity index (χ1v) is 14.2. The number of benzene rings is 1. The molecule has 4 aliphatic rings. The summed E-state index contributed by atoms with van der Waals surface area (Å²) in [5.41, 5.74) is 1.56. The lowest BCUT2D eigenvalue weighted by atomic mass is 9.55. The van der Waals surface area contributed by atoms with E-state index >= 15 is 0 Å². The number of likely N-dealkylation sites (N-methyl/N-ethyl adjacent to an activating group) is 1. The molecule has 1 amide bonds. The number of ether oxygens (including phenoxy) is 1. The van der Waals surface area contributed by atoms with Crippen molar-refractivity contribution in [2.45, 2.75) is 54.6 Å². The first-order valence-electron chi connectivity index (χ1n) is 13.1. The smallest absolute Gasteiger partial charge is 0.293 e. The third-order valence-corrected chi connectivity index (χ3v) is 10.3. The van der Waals surface area contributed by atoms with Crippen LogP contribution in [-0.2, 0) is 19.1 Å². The zero-order valence-corrected chi connectivity index (χ0v) is 22.9. The van der Waals surface area contributed by atoms with Crippen molar-refractivity contribution in [2.75, 3.05) is 19.8 Å². The van der Waals surface area contributed by atoms with Gasteiger partial charge in [0.1, 0.15) is 28.9 Å². The summed E-state index contributed by atoms with van der Waals surface area (Å²) in [6.07, 6.45) is 2.84. The highest BCUT2D eigenvalue weighted by atomic mass is 32.2. The third kappa shape index (κ3) is 3.95. The number of rotatable bonds is 7. The van der Waals surface area contributed by atoms with Crippen LogP contribution < -0.4 is 5.73 Å². The number of carbonyl (C=O) groups is 4. The fourth-order valence-electron chi connectivity index (χ4n) is 7.09. The van der Waals surface area contributed by atoms with Crippen molar-refractivity contribution < 1.29 is 44.3 Å². The Kier molecular flexibility index (Phi) is 7.22. The van der Waals surface area contributed by atoms with Crippen LogP contribution in [0.15, 0.2) is 40.9 Å². The normalized spacial score (nSPS) is 32.1. The number of fused-ring (bicyclic) bond motifs is 3. The number of phenols is 1. The summed E-state index contributed by atoms with van der Waals surface area (Å²) in [7, 11) is 3.02. The van der Waals surface area contributed by atoms with Gasteiger partial charge in [-0.2, -0.15) is 11.8 Å². The van der Waals surface area contributed by atoms with Gasteiger partial charge in [0.2, 0.25) is 5.78 Å². The van der Waals surface area contributed by atoms with E-state index in [2.05, 4.69) is 0 Å². The van der Waals surface area contributed by atoms with E-state index in [1.54, 1.807) is 23.9 Å². The molecule has 0 radical (unpaired) electrons. The molecule has 1 aromatic carbocycles. The number of primary amides is 1. The summed E-state index contributed by atoms with van der Waals surface area (Å²) in [5.74, 6) is -8.36. The number of amides is 1. The molecule has 0 saturated heterocycles. The number of ketones is 2. The van der Waals surface area contributed by atoms with Gasteiger partial charge in [-0.05, 0) is 38.6 Å². The standard InChI is InChI=1S/C28H32N2O9S/c1-30(2)21-20-24(39-11-31)17-14(10-40-12-6-3-4-7-12)13-8-5-9-15(32)16(13)22(33)18(17)25(35)28(20,38)26(36)19(23(21)34)27(29)37/h5,8-9,11-12,14,17,20-21,24,32,34-35,38H,3-4,6-7,10H2,1-2H3,(H2,29,37)/t14-,17+,20+,21-,24-,28-/m0/s1. The van der Waals surface area contributed by atoms with Gasteiger partial charge >= 0.3 is 0 Å². The lowest BCUT2D eigenvalue weighted by molar-refractivity contribution is -0.173. The van der Waals surface area contributed by atoms with Crippen LogP contribution >= 0.6 is 11.8 Å².